The summed E-state index contributed by atoms with van der Waals surface area (Å²) in [5.74, 6) is 0.0493. The average Bonchev–Trinajstić information content (AvgIpc) is 2.22. The fourth-order valence-electron chi connectivity index (χ4n) is 1.40. The van der Waals surface area contributed by atoms with Crippen molar-refractivity contribution in [2.45, 2.75) is 25.9 Å². The molecule has 0 aliphatic rings. The molecule has 4 heteroatoms. The first-order chi connectivity index (χ1) is 7.61. The van der Waals surface area contributed by atoms with Crippen LogP contribution in [0.1, 0.15) is 18.9 Å². The van der Waals surface area contributed by atoms with Crippen molar-refractivity contribution in [1.82, 2.24) is 5.32 Å². The maximum Gasteiger partial charge on any atom is 0.126 e. The van der Waals surface area contributed by atoms with Gasteiger partial charge in [0.2, 0.25) is 0 Å². The third kappa shape index (κ3) is 4.94. The molecule has 0 heterocycles. The summed E-state index contributed by atoms with van der Waals surface area (Å²) in [5.41, 5.74) is 0.647. The van der Waals surface area contributed by atoms with Crippen LogP contribution < -0.4 is 5.32 Å². The number of halogens is 2. The first-order valence-corrected chi connectivity index (χ1v) is 6.68. The van der Waals surface area contributed by atoms with Crippen molar-refractivity contribution in [1.29, 1.82) is 0 Å². The van der Waals surface area contributed by atoms with Gasteiger partial charge in [0.25, 0.3) is 0 Å². The second kappa shape index (κ2) is 6.86. The van der Waals surface area contributed by atoms with E-state index in [2.05, 4.69) is 18.5 Å². The number of hydrogen-bond acceptors (Lipinski definition) is 2. The third-order valence-corrected chi connectivity index (χ3v) is 2.98. The van der Waals surface area contributed by atoms with Crippen LogP contribution >= 0.6 is 11.8 Å². The summed E-state index contributed by atoms with van der Waals surface area (Å²) in [4.78, 5) is 0. The lowest BCUT2D eigenvalue weighted by molar-refractivity contribution is 0.529. The van der Waals surface area contributed by atoms with E-state index in [1.165, 1.54) is 12.1 Å². The fraction of sp³-hybridized carbons (Fsp3) is 0.500. The van der Waals surface area contributed by atoms with E-state index < -0.39 is 11.6 Å². The molecule has 90 valence electrons. The van der Waals surface area contributed by atoms with Crippen LogP contribution in [0.4, 0.5) is 8.78 Å². The van der Waals surface area contributed by atoms with Crippen LogP contribution in [-0.2, 0) is 6.54 Å². The first-order valence-electron chi connectivity index (χ1n) is 5.29. The molecule has 0 radical (unpaired) electrons. The summed E-state index contributed by atoms with van der Waals surface area (Å²) in [6, 6.07) is 3.97. The molecule has 0 aromatic heterocycles. The van der Waals surface area contributed by atoms with Gasteiger partial charge in [-0.1, -0.05) is 0 Å². The predicted octanol–water partition coefficient (Wildman–Crippen LogP) is 3.20. The minimum atomic E-state index is -0.520. The molecule has 1 N–H and O–H groups in total. The van der Waals surface area contributed by atoms with Crippen molar-refractivity contribution < 1.29 is 8.78 Å². The van der Waals surface area contributed by atoms with Gasteiger partial charge in [0.15, 0.2) is 0 Å². The van der Waals surface area contributed by atoms with E-state index in [0.29, 0.717) is 18.2 Å². The van der Waals surface area contributed by atoms with E-state index in [-0.39, 0.29) is 0 Å². The predicted molar refractivity (Wildman–Crippen MR) is 65.7 cm³/mol. The summed E-state index contributed by atoms with van der Waals surface area (Å²) in [6.45, 7) is 2.58. The molecule has 1 aromatic carbocycles. The molecule has 0 saturated carbocycles. The van der Waals surface area contributed by atoms with Crippen LogP contribution in [0, 0.1) is 11.6 Å². The highest BCUT2D eigenvalue weighted by Crippen LogP contribution is 2.08. The van der Waals surface area contributed by atoms with Crippen molar-refractivity contribution in [2.75, 3.05) is 12.0 Å². The van der Waals surface area contributed by atoms with E-state index in [0.717, 1.165) is 18.2 Å². The monoisotopic (exact) mass is 245 g/mol. The maximum absolute atomic E-state index is 12.9. The standard InChI is InChI=1S/C12H17F2NS/c1-9(3-4-16-2)15-8-10-5-11(13)7-12(14)6-10/h5-7,9,15H,3-4,8H2,1-2H3. The number of thioether (sulfide) groups is 1. The highest BCUT2D eigenvalue weighted by molar-refractivity contribution is 7.98. The lowest BCUT2D eigenvalue weighted by Gasteiger charge is -2.13. The Labute approximate surface area is 99.6 Å². The Hall–Kier alpha value is -0.610. The van der Waals surface area contributed by atoms with Gasteiger partial charge in [0, 0.05) is 18.7 Å². The molecule has 1 atom stereocenters. The van der Waals surface area contributed by atoms with Crippen LogP contribution in [0.25, 0.3) is 0 Å². The number of rotatable bonds is 6. The van der Waals surface area contributed by atoms with Gasteiger partial charge in [-0.05, 0) is 43.0 Å². The van der Waals surface area contributed by atoms with Crippen LogP contribution in [-0.4, -0.2) is 18.1 Å². The van der Waals surface area contributed by atoms with Crippen LogP contribution in [0.5, 0.6) is 0 Å². The van der Waals surface area contributed by atoms with Gasteiger partial charge >= 0.3 is 0 Å². The zero-order chi connectivity index (χ0) is 12.0. The molecule has 1 nitrogen and oxygen atoms in total. The van der Waals surface area contributed by atoms with E-state index in [9.17, 15) is 8.78 Å². The van der Waals surface area contributed by atoms with Crippen molar-refractivity contribution >= 4 is 11.8 Å². The molecule has 1 unspecified atom stereocenters. The van der Waals surface area contributed by atoms with Gasteiger partial charge in [-0.2, -0.15) is 11.8 Å². The Bertz CT molecular complexity index is 311. The summed E-state index contributed by atoms with van der Waals surface area (Å²) < 4.78 is 25.8. The molecule has 0 amide bonds. The molecule has 0 aliphatic heterocycles. The second-order valence-corrected chi connectivity index (χ2v) is 4.83. The van der Waals surface area contributed by atoms with Crippen LogP contribution in [0.3, 0.4) is 0 Å². The zero-order valence-corrected chi connectivity index (χ0v) is 10.4. The molecule has 0 spiro atoms. The molecule has 1 rings (SSSR count). The molecule has 0 saturated heterocycles. The van der Waals surface area contributed by atoms with Gasteiger partial charge in [-0.15, -0.1) is 0 Å². The van der Waals surface area contributed by atoms with E-state index >= 15 is 0 Å². The van der Waals surface area contributed by atoms with Gasteiger partial charge in [0.1, 0.15) is 11.6 Å². The summed E-state index contributed by atoms with van der Waals surface area (Å²) in [5, 5.41) is 3.24. The van der Waals surface area contributed by atoms with Gasteiger partial charge in [-0.3, -0.25) is 0 Å². The maximum atomic E-state index is 12.9. The average molecular weight is 245 g/mol. The zero-order valence-electron chi connectivity index (χ0n) is 9.59. The van der Waals surface area contributed by atoms with Crippen LogP contribution in [0.2, 0.25) is 0 Å². The summed E-state index contributed by atoms with van der Waals surface area (Å²) >= 11 is 1.80. The third-order valence-electron chi connectivity index (χ3n) is 2.33. The van der Waals surface area contributed by atoms with Crippen molar-refractivity contribution in [3.63, 3.8) is 0 Å². The second-order valence-electron chi connectivity index (χ2n) is 3.84. The lowest BCUT2D eigenvalue weighted by Crippen LogP contribution is -2.26. The Kier molecular flexibility index (Phi) is 5.77. The van der Waals surface area contributed by atoms with Crippen LogP contribution in [0.15, 0.2) is 18.2 Å². The quantitative estimate of drug-likeness (QED) is 0.826. The smallest absolute Gasteiger partial charge is 0.126 e. The van der Waals surface area contributed by atoms with E-state index in [1.54, 1.807) is 11.8 Å². The van der Waals surface area contributed by atoms with Crippen molar-refractivity contribution in [2.24, 2.45) is 0 Å². The first kappa shape index (κ1) is 13.5. The normalized spacial score (nSPS) is 12.8. The summed E-state index contributed by atoms with van der Waals surface area (Å²) in [6.07, 6.45) is 3.12. The molecule has 0 fully saturated rings. The minimum Gasteiger partial charge on any atom is -0.310 e. The Morgan fingerprint density at radius 2 is 1.88 bits per heavy atom. The Morgan fingerprint density at radius 3 is 2.44 bits per heavy atom. The van der Waals surface area contributed by atoms with Gasteiger partial charge < -0.3 is 5.32 Å². The number of nitrogens with one attached hydrogen (secondary N) is 1. The van der Waals surface area contributed by atoms with Crippen molar-refractivity contribution in [3.8, 4) is 0 Å². The number of benzene rings is 1. The summed E-state index contributed by atoms with van der Waals surface area (Å²) in [7, 11) is 0. The lowest BCUT2D eigenvalue weighted by atomic mass is 10.2. The minimum absolute atomic E-state index is 0.360. The van der Waals surface area contributed by atoms with Crippen molar-refractivity contribution in [3.05, 3.63) is 35.4 Å². The molecular weight excluding hydrogens is 228 g/mol. The molecular formula is C12H17F2NS. The van der Waals surface area contributed by atoms with E-state index in [4.69, 9.17) is 0 Å². The molecule has 1 aromatic rings. The topological polar surface area (TPSA) is 12.0 Å². The Morgan fingerprint density at radius 1 is 1.25 bits per heavy atom. The fourth-order valence-corrected chi connectivity index (χ4v) is 1.99. The highest BCUT2D eigenvalue weighted by Gasteiger charge is 2.03. The highest BCUT2D eigenvalue weighted by atomic mass is 32.2. The molecule has 0 aliphatic carbocycles. The largest absolute Gasteiger partial charge is 0.310 e. The van der Waals surface area contributed by atoms with Gasteiger partial charge in [0.05, 0.1) is 0 Å². The Balaban J connectivity index is 2.41. The number of hydrogen-bond donors (Lipinski definition) is 1. The SMILES string of the molecule is CSCCC(C)NCc1cc(F)cc(F)c1. The molecule has 0 bridgehead atoms. The molecule has 16 heavy (non-hydrogen) atoms. The van der Waals surface area contributed by atoms with E-state index in [1.807, 2.05) is 0 Å². The van der Waals surface area contributed by atoms with Gasteiger partial charge in [-0.25, -0.2) is 8.78 Å².